The minimum absolute atomic E-state index is 0.135. The molecule has 3 nitrogen and oxygen atoms in total. The van der Waals surface area contributed by atoms with Crippen LogP contribution in [0.3, 0.4) is 0 Å². The van der Waals surface area contributed by atoms with Gasteiger partial charge in [0, 0.05) is 16.5 Å². The number of amides is 1. The zero-order chi connectivity index (χ0) is 14.0. The molecular weight excluding hydrogens is 248 g/mol. The summed E-state index contributed by atoms with van der Waals surface area (Å²) in [5, 5.41) is 8.69. The van der Waals surface area contributed by atoms with Gasteiger partial charge in [-0.15, -0.1) is 0 Å². The molecule has 0 atom stereocenters. The number of anilines is 1. The van der Waals surface area contributed by atoms with Gasteiger partial charge in [0.05, 0.1) is 0 Å². The largest absolute Gasteiger partial charge is 0.325 e. The summed E-state index contributed by atoms with van der Waals surface area (Å²) >= 11 is 0. The van der Waals surface area contributed by atoms with Crippen LogP contribution in [0.2, 0.25) is 0 Å². The quantitative estimate of drug-likeness (QED) is 0.878. The fraction of sp³-hybridized carbons (Fsp3) is 0.353. The second-order valence-corrected chi connectivity index (χ2v) is 5.79. The van der Waals surface area contributed by atoms with Crippen molar-refractivity contribution in [1.29, 1.82) is 0 Å². The van der Waals surface area contributed by atoms with Crippen LogP contribution in [-0.4, -0.2) is 19.0 Å². The molecule has 3 heteroatoms. The fourth-order valence-corrected chi connectivity index (χ4v) is 2.81. The minimum Gasteiger partial charge on any atom is -0.325 e. The van der Waals surface area contributed by atoms with Crippen molar-refractivity contribution in [3.63, 3.8) is 0 Å². The Balaban J connectivity index is 1.87. The Morgan fingerprint density at radius 2 is 1.80 bits per heavy atom. The van der Waals surface area contributed by atoms with E-state index in [1.165, 1.54) is 0 Å². The van der Waals surface area contributed by atoms with E-state index < -0.39 is 0 Å². The molecule has 20 heavy (non-hydrogen) atoms. The van der Waals surface area contributed by atoms with Crippen molar-refractivity contribution in [3.8, 4) is 0 Å². The van der Waals surface area contributed by atoms with E-state index in [2.05, 4.69) is 35.8 Å². The molecule has 1 aliphatic rings. The molecule has 0 saturated carbocycles. The smallest absolute Gasteiger partial charge is 0.230 e. The van der Waals surface area contributed by atoms with Crippen LogP contribution in [0.1, 0.15) is 19.8 Å². The number of carbonyl (C=O) groups is 1. The molecule has 1 amide bonds. The lowest BCUT2D eigenvalue weighted by molar-refractivity contribution is -0.126. The second-order valence-electron chi connectivity index (χ2n) is 5.79. The summed E-state index contributed by atoms with van der Waals surface area (Å²) in [7, 11) is 0. The maximum atomic E-state index is 12.6. The van der Waals surface area contributed by atoms with Gasteiger partial charge in [0.1, 0.15) is 0 Å². The molecule has 3 rings (SSSR count). The third kappa shape index (κ3) is 2.41. The molecular formula is C17H20N2O. The van der Waals surface area contributed by atoms with E-state index in [1.54, 1.807) is 0 Å². The summed E-state index contributed by atoms with van der Waals surface area (Å²) in [5.41, 5.74) is 0.648. The molecule has 2 aromatic carbocycles. The first kappa shape index (κ1) is 13.1. The average molecular weight is 268 g/mol. The third-order valence-electron chi connectivity index (χ3n) is 4.29. The molecule has 0 radical (unpaired) electrons. The van der Waals surface area contributed by atoms with Crippen molar-refractivity contribution in [2.24, 2.45) is 5.41 Å². The van der Waals surface area contributed by atoms with Crippen molar-refractivity contribution < 1.29 is 4.79 Å². The molecule has 0 bridgehead atoms. The maximum Gasteiger partial charge on any atom is 0.230 e. The number of benzene rings is 2. The van der Waals surface area contributed by atoms with Crippen LogP contribution in [0.25, 0.3) is 10.8 Å². The summed E-state index contributed by atoms with van der Waals surface area (Å²) in [6.45, 7) is 3.90. The molecule has 1 saturated heterocycles. The van der Waals surface area contributed by atoms with Crippen LogP contribution in [-0.2, 0) is 4.79 Å². The van der Waals surface area contributed by atoms with Crippen LogP contribution >= 0.6 is 0 Å². The Kier molecular flexibility index (Phi) is 3.45. The molecule has 104 valence electrons. The van der Waals surface area contributed by atoms with Crippen LogP contribution in [0, 0.1) is 5.41 Å². The Labute approximate surface area is 119 Å². The molecule has 1 fully saturated rings. The molecule has 2 aromatic rings. The molecule has 0 spiro atoms. The monoisotopic (exact) mass is 268 g/mol. The molecule has 2 N–H and O–H groups in total. The molecule has 0 unspecified atom stereocenters. The van der Waals surface area contributed by atoms with Crippen LogP contribution in [0.15, 0.2) is 42.5 Å². The van der Waals surface area contributed by atoms with Gasteiger partial charge in [0.2, 0.25) is 5.91 Å². The number of hydrogen-bond donors (Lipinski definition) is 2. The number of carbonyl (C=O) groups excluding carboxylic acids is 1. The lowest BCUT2D eigenvalue weighted by Gasteiger charge is -2.32. The lowest BCUT2D eigenvalue weighted by Crippen LogP contribution is -2.42. The summed E-state index contributed by atoms with van der Waals surface area (Å²) in [5.74, 6) is 0.135. The second kappa shape index (κ2) is 5.25. The third-order valence-corrected chi connectivity index (χ3v) is 4.29. The Morgan fingerprint density at radius 3 is 2.60 bits per heavy atom. The fourth-order valence-electron chi connectivity index (χ4n) is 2.81. The van der Waals surface area contributed by atoms with E-state index in [1.807, 2.05) is 24.3 Å². The van der Waals surface area contributed by atoms with E-state index >= 15 is 0 Å². The van der Waals surface area contributed by atoms with E-state index in [4.69, 9.17) is 0 Å². The van der Waals surface area contributed by atoms with Crippen molar-refractivity contribution >= 4 is 22.4 Å². The summed E-state index contributed by atoms with van der Waals surface area (Å²) < 4.78 is 0. The van der Waals surface area contributed by atoms with Crippen LogP contribution < -0.4 is 10.6 Å². The maximum absolute atomic E-state index is 12.6. The SMILES string of the molecule is CC1(C(=O)Nc2cccc3ccccc23)CCNCC1. The van der Waals surface area contributed by atoms with Crippen molar-refractivity contribution in [2.45, 2.75) is 19.8 Å². The van der Waals surface area contributed by atoms with E-state index in [-0.39, 0.29) is 11.3 Å². The van der Waals surface area contributed by atoms with Gasteiger partial charge >= 0.3 is 0 Å². The lowest BCUT2D eigenvalue weighted by atomic mass is 9.80. The Hall–Kier alpha value is -1.87. The first-order valence-electron chi connectivity index (χ1n) is 7.19. The first-order valence-corrected chi connectivity index (χ1v) is 7.19. The molecule has 0 aliphatic carbocycles. The average Bonchev–Trinajstić information content (AvgIpc) is 2.48. The van der Waals surface area contributed by atoms with Gasteiger partial charge in [-0.1, -0.05) is 43.3 Å². The topological polar surface area (TPSA) is 41.1 Å². The standard InChI is InChI=1S/C17H20N2O/c1-17(9-11-18-12-10-17)16(20)19-15-8-4-6-13-5-2-3-7-14(13)15/h2-8,18H,9-12H2,1H3,(H,19,20). The zero-order valence-corrected chi connectivity index (χ0v) is 11.8. The van der Waals surface area contributed by atoms with Gasteiger partial charge in [-0.3, -0.25) is 4.79 Å². The van der Waals surface area contributed by atoms with Gasteiger partial charge in [-0.2, -0.15) is 0 Å². The number of rotatable bonds is 2. The molecule has 0 aromatic heterocycles. The summed E-state index contributed by atoms with van der Waals surface area (Å²) in [6, 6.07) is 14.2. The van der Waals surface area contributed by atoms with Crippen molar-refractivity contribution in [2.75, 3.05) is 18.4 Å². The number of piperidine rings is 1. The Morgan fingerprint density at radius 1 is 1.10 bits per heavy atom. The number of nitrogens with one attached hydrogen (secondary N) is 2. The van der Waals surface area contributed by atoms with E-state index in [0.29, 0.717) is 0 Å². The first-order chi connectivity index (χ1) is 9.69. The van der Waals surface area contributed by atoms with Gasteiger partial charge in [0.25, 0.3) is 0 Å². The highest BCUT2D eigenvalue weighted by Crippen LogP contribution is 2.31. The molecule has 1 heterocycles. The Bertz CT molecular complexity index is 624. The van der Waals surface area contributed by atoms with Gasteiger partial charge in [-0.25, -0.2) is 0 Å². The highest BCUT2D eigenvalue weighted by molar-refractivity contribution is 6.03. The van der Waals surface area contributed by atoms with Crippen LogP contribution in [0.4, 0.5) is 5.69 Å². The van der Waals surface area contributed by atoms with Gasteiger partial charge < -0.3 is 10.6 Å². The predicted octanol–water partition coefficient (Wildman–Crippen LogP) is 3.17. The number of hydrogen-bond acceptors (Lipinski definition) is 2. The van der Waals surface area contributed by atoms with Gasteiger partial charge in [-0.05, 0) is 37.4 Å². The van der Waals surface area contributed by atoms with Crippen molar-refractivity contribution in [1.82, 2.24) is 5.32 Å². The van der Waals surface area contributed by atoms with E-state index in [0.717, 1.165) is 42.4 Å². The normalized spacial score (nSPS) is 17.9. The molecule has 1 aliphatic heterocycles. The summed E-state index contributed by atoms with van der Waals surface area (Å²) in [6.07, 6.45) is 1.78. The number of fused-ring (bicyclic) bond motifs is 1. The highest BCUT2D eigenvalue weighted by Gasteiger charge is 2.34. The van der Waals surface area contributed by atoms with Gasteiger partial charge in [0.15, 0.2) is 0 Å². The zero-order valence-electron chi connectivity index (χ0n) is 11.8. The minimum atomic E-state index is -0.262. The highest BCUT2D eigenvalue weighted by atomic mass is 16.2. The van der Waals surface area contributed by atoms with E-state index in [9.17, 15) is 4.79 Å². The summed E-state index contributed by atoms with van der Waals surface area (Å²) in [4.78, 5) is 12.6. The van der Waals surface area contributed by atoms with Crippen molar-refractivity contribution in [3.05, 3.63) is 42.5 Å². The van der Waals surface area contributed by atoms with Crippen LogP contribution in [0.5, 0.6) is 0 Å². The predicted molar refractivity (Wildman–Crippen MR) is 82.8 cm³/mol.